The fraction of sp³-hybridized carbons (Fsp3) is 0.721. The largest absolute Gasteiger partial charge is 0.390 e. The van der Waals surface area contributed by atoms with E-state index in [0.717, 1.165) is 43.2 Å². The first kappa shape index (κ1) is 38.6. The van der Waals surface area contributed by atoms with E-state index in [1.54, 1.807) is 0 Å². The second-order valence-corrected chi connectivity index (χ2v) is 23.6. The highest BCUT2D eigenvalue weighted by Gasteiger charge is 2.67. The molecule has 7 rings (SSSR count). The number of hydrogen-bond acceptors (Lipinski definition) is 8. The van der Waals surface area contributed by atoms with Gasteiger partial charge in [-0.25, -0.2) is 0 Å². The van der Waals surface area contributed by atoms with Crippen LogP contribution in [0.2, 0.25) is 10.1 Å². The van der Waals surface area contributed by atoms with Gasteiger partial charge in [-0.3, -0.25) is 0 Å². The number of fused-ring (bicyclic) bond motifs is 4. The minimum atomic E-state index is -2.69. The van der Waals surface area contributed by atoms with Crippen LogP contribution >= 0.6 is 0 Å². The van der Waals surface area contributed by atoms with Crippen molar-refractivity contribution in [1.82, 2.24) is 0 Å². The Morgan fingerprint density at radius 2 is 1.37 bits per heavy atom. The van der Waals surface area contributed by atoms with E-state index in [1.165, 1.54) is 0 Å². The molecule has 0 amide bonds. The third-order valence-corrected chi connectivity index (χ3v) is 17.7. The number of ether oxygens (including phenoxy) is 6. The van der Waals surface area contributed by atoms with E-state index in [-0.39, 0.29) is 58.9 Å². The van der Waals surface area contributed by atoms with Crippen LogP contribution in [0.5, 0.6) is 0 Å². The highest BCUT2D eigenvalue weighted by molar-refractivity contribution is 6.73. The molecule has 52 heavy (non-hydrogen) atoms. The Hall–Kier alpha value is -1.66. The van der Waals surface area contributed by atoms with Crippen LogP contribution in [0, 0.1) is 5.92 Å². The van der Waals surface area contributed by atoms with Gasteiger partial charge in [0, 0.05) is 29.3 Å². The first-order chi connectivity index (χ1) is 24.6. The molecule has 0 aromatic heterocycles. The van der Waals surface area contributed by atoms with E-state index in [0.29, 0.717) is 32.3 Å². The van der Waals surface area contributed by atoms with E-state index in [1.807, 2.05) is 24.3 Å². The van der Waals surface area contributed by atoms with E-state index in [4.69, 9.17) is 37.3 Å². The van der Waals surface area contributed by atoms with E-state index in [9.17, 15) is 0 Å². The van der Waals surface area contributed by atoms with Crippen LogP contribution in [0.3, 0.4) is 0 Å². The Labute approximate surface area is 313 Å². The van der Waals surface area contributed by atoms with Crippen molar-refractivity contribution in [2.45, 2.75) is 178 Å². The predicted molar refractivity (Wildman–Crippen MR) is 203 cm³/mol. The Morgan fingerprint density at radius 3 is 2.02 bits per heavy atom. The van der Waals surface area contributed by atoms with Crippen LogP contribution in [0.4, 0.5) is 0 Å². The third kappa shape index (κ3) is 7.61. The van der Waals surface area contributed by atoms with E-state index >= 15 is 0 Å². The van der Waals surface area contributed by atoms with Crippen molar-refractivity contribution < 1.29 is 37.3 Å². The summed E-state index contributed by atoms with van der Waals surface area (Å²) < 4.78 is 55.5. The van der Waals surface area contributed by atoms with Crippen LogP contribution in [-0.4, -0.2) is 81.8 Å². The maximum Gasteiger partial charge on any atom is 0.349 e. The summed E-state index contributed by atoms with van der Waals surface area (Å²) in [4.78, 5) is 0. The standard InChI is InChI=1S/C43H64O8Si/c1-29-20-21-42(8)37(24-38-43(9,51-42)28-46-52(50-38,40(2,3)4)41(5,6)7)48-35-23-33-34(49-39(29)35)22-32(45-26-31-18-14-11-15-19-31)36(47-33)27-44-25-30-16-12-10-13-17-30/h10-19,29,32-39H,20-28H2,1-9H3/t29-,32+,33+,34-,35-,36-,37+,38-,39+,42-,43+/m0/s1. The van der Waals surface area contributed by atoms with Crippen molar-refractivity contribution in [3.8, 4) is 0 Å². The van der Waals surface area contributed by atoms with Gasteiger partial charge in [0.25, 0.3) is 0 Å². The highest BCUT2D eigenvalue weighted by atomic mass is 28.4. The SMILES string of the molecule is C[C@H]1CC[C@]2(C)O[C@]3(C)CO[Si](C(C)(C)C)(C(C)(C)C)O[C@H]3C[C@H]2O[C@H]2C[C@H]3O[C@@H](COCc4ccccc4)[C@H](OCc4ccccc4)C[C@@H]3O[C@@H]21. The van der Waals surface area contributed by atoms with Crippen molar-refractivity contribution >= 4 is 8.56 Å². The van der Waals surface area contributed by atoms with Gasteiger partial charge in [-0.1, -0.05) is 109 Å². The van der Waals surface area contributed by atoms with Gasteiger partial charge in [0.1, 0.15) is 11.7 Å². The molecule has 288 valence electrons. The fourth-order valence-electron chi connectivity index (χ4n) is 9.88. The molecule has 0 bridgehead atoms. The van der Waals surface area contributed by atoms with E-state index < -0.39 is 19.8 Å². The van der Waals surface area contributed by atoms with Gasteiger partial charge in [-0.05, 0) is 43.7 Å². The van der Waals surface area contributed by atoms with Gasteiger partial charge in [-0.15, -0.1) is 0 Å². The molecule has 0 radical (unpaired) electrons. The van der Waals surface area contributed by atoms with Crippen LogP contribution in [0.15, 0.2) is 60.7 Å². The zero-order valence-electron chi connectivity index (χ0n) is 33.1. The molecular weight excluding hydrogens is 673 g/mol. The smallest absolute Gasteiger partial charge is 0.349 e. The van der Waals surface area contributed by atoms with Crippen molar-refractivity contribution in [2.75, 3.05) is 13.2 Å². The lowest BCUT2D eigenvalue weighted by Gasteiger charge is -2.62. The first-order valence-electron chi connectivity index (χ1n) is 19.8. The van der Waals surface area contributed by atoms with Crippen LogP contribution in [-0.2, 0) is 50.5 Å². The minimum absolute atomic E-state index is 0.0309. The molecule has 2 aromatic carbocycles. The molecule has 5 heterocycles. The van der Waals surface area contributed by atoms with Crippen LogP contribution in [0.1, 0.15) is 106 Å². The summed E-state index contributed by atoms with van der Waals surface area (Å²) in [5.74, 6) is 0.300. The molecule has 9 heteroatoms. The number of rotatable bonds is 7. The molecule has 5 fully saturated rings. The Balaban J connectivity index is 1.08. The highest BCUT2D eigenvalue weighted by Crippen LogP contribution is 2.58. The normalized spacial score (nSPS) is 39.2. The predicted octanol–water partition coefficient (Wildman–Crippen LogP) is 8.68. The second-order valence-electron chi connectivity index (χ2n) is 18.8. The van der Waals surface area contributed by atoms with Gasteiger partial charge in [0.15, 0.2) is 0 Å². The van der Waals surface area contributed by atoms with Gasteiger partial charge >= 0.3 is 8.56 Å². The summed E-state index contributed by atoms with van der Waals surface area (Å²) in [5.41, 5.74) is 1.29. The lowest BCUT2D eigenvalue weighted by atomic mass is 9.76. The lowest BCUT2D eigenvalue weighted by Crippen LogP contribution is -2.73. The average Bonchev–Trinajstić information content (AvgIpc) is 3.09. The molecule has 0 N–H and O–H groups in total. The van der Waals surface area contributed by atoms with Gasteiger partial charge in [0.2, 0.25) is 0 Å². The quantitative estimate of drug-likeness (QED) is 0.262. The molecule has 5 aliphatic heterocycles. The summed E-state index contributed by atoms with van der Waals surface area (Å²) in [6.45, 7) is 22.4. The summed E-state index contributed by atoms with van der Waals surface area (Å²) in [5, 5.41) is -0.214. The lowest BCUT2D eigenvalue weighted by molar-refractivity contribution is -0.328. The summed E-state index contributed by atoms with van der Waals surface area (Å²) in [7, 11) is -2.69. The Kier molecular flexibility index (Phi) is 11.0. The molecular formula is C43H64O8Si. The first-order valence-corrected chi connectivity index (χ1v) is 21.7. The van der Waals surface area contributed by atoms with Crippen molar-refractivity contribution in [3.05, 3.63) is 71.8 Å². The van der Waals surface area contributed by atoms with Crippen molar-refractivity contribution in [3.63, 3.8) is 0 Å². The van der Waals surface area contributed by atoms with E-state index in [2.05, 4.69) is 98.7 Å². The topological polar surface area (TPSA) is 73.8 Å². The monoisotopic (exact) mass is 736 g/mol. The maximum absolute atomic E-state index is 7.30. The Bertz CT molecular complexity index is 1460. The molecule has 2 aromatic rings. The Morgan fingerprint density at radius 1 is 0.731 bits per heavy atom. The molecule has 5 saturated heterocycles. The molecule has 0 saturated carbocycles. The average molecular weight is 737 g/mol. The third-order valence-electron chi connectivity index (χ3n) is 12.6. The molecule has 0 spiro atoms. The molecule has 0 unspecified atom stereocenters. The zero-order chi connectivity index (χ0) is 36.9. The van der Waals surface area contributed by atoms with Gasteiger partial charge in [-0.2, -0.15) is 0 Å². The summed E-state index contributed by atoms with van der Waals surface area (Å²) in [6, 6.07) is 20.6. The number of hydrogen-bond donors (Lipinski definition) is 0. The van der Waals surface area contributed by atoms with Crippen LogP contribution in [0.25, 0.3) is 0 Å². The van der Waals surface area contributed by atoms with Crippen LogP contribution < -0.4 is 0 Å². The minimum Gasteiger partial charge on any atom is -0.390 e. The molecule has 0 aliphatic carbocycles. The summed E-state index contributed by atoms with van der Waals surface area (Å²) in [6.07, 6.45) is 3.24. The molecule has 8 nitrogen and oxygen atoms in total. The molecule has 5 aliphatic rings. The van der Waals surface area contributed by atoms with Crippen molar-refractivity contribution in [1.29, 1.82) is 0 Å². The number of benzene rings is 2. The molecule has 11 atom stereocenters. The zero-order valence-corrected chi connectivity index (χ0v) is 34.1. The maximum atomic E-state index is 7.30. The van der Waals surface area contributed by atoms with Crippen molar-refractivity contribution in [2.24, 2.45) is 5.92 Å². The van der Waals surface area contributed by atoms with Gasteiger partial charge < -0.3 is 37.3 Å². The summed E-state index contributed by atoms with van der Waals surface area (Å²) >= 11 is 0. The van der Waals surface area contributed by atoms with Gasteiger partial charge in [0.05, 0.1) is 74.8 Å². The fourth-order valence-corrected chi connectivity index (χ4v) is 15.0. The second kappa shape index (κ2) is 14.8.